The van der Waals surface area contributed by atoms with E-state index in [1.165, 1.54) is 0 Å². The molecule has 5 nitrogen and oxygen atoms in total. The van der Waals surface area contributed by atoms with E-state index in [0.717, 1.165) is 0 Å². The first-order valence-electron chi connectivity index (χ1n) is 3.55. The fourth-order valence-corrected chi connectivity index (χ4v) is 0.885. The van der Waals surface area contributed by atoms with Crippen molar-refractivity contribution in [3.8, 4) is 0 Å². The predicted octanol–water partition coefficient (Wildman–Crippen LogP) is -0.626. The Labute approximate surface area is 69.8 Å². The molecule has 0 aromatic carbocycles. The van der Waals surface area contributed by atoms with Gasteiger partial charge in [-0.25, -0.2) is 4.98 Å². The maximum absolute atomic E-state index is 10.4. The highest BCUT2D eigenvalue weighted by atomic mass is 16.4. The van der Waals surface area contributed by atoms with Crippen LogP contribution >= 0.6 is 0 Å². The molecule has 5 heteroatoms. The summed E-state index contributed by atoms with van der Waals surface area (Å²) in [5.74, 6) is -0.999. The van der Waals surface area contributed by atoms with E-state index in [0.29, 0.717) is 5.69 Å². The molecule has 0 aliphatic carbocycles. The van der Waals surface area contributed by atoms with Crippen molar-refractivity contribution in [3.05, 3.63) is 18.2 Å². The van der Waals surface area contributed by atoms with Crippen LogP contribution in [-0.4, -0.2) is 26.7 Å². The molecule has 1 aromatic heterocycles. The zero-order valence-corrected chi connectivity index (χ0v) is 6.77. The summed E-state index contributed by atoms with van der Waals surface area (Å²) in [4.78, 5) is 14.3. The third-order valence-corrected chi connectivity index (χ3v) is 1.50. The van der Waals surface area contributed by atoms with E-state index in [1.807, 2.05) is 7.05 Å². The van der Waals surface area contributed by atoms with Gasteiger partial charge in [0.15, 0.2) is 0 Å². The van der Waals surface area contributed by atoms with Crippen LogP contribution in [0.1, 0.15) is 5.69 Å². The van der Waals surface area contributed by atoms with Gasteiger partial charge in [0.2, 0.25) is 0 Å². The Morgan fingerprint density at radius 3 is 3.00 bits per heavy atom. The molecule has 3 N–H and O–H groups in total. The smallest absolute Gasteiger partial charge is 0.320 e. The van der Waals surface area contributed by atoms with Gasteiger partial charge < -0.3 is 15.4 Å². The largest absolute Gasteiger partial charge is 0.480 e. The molecule has 66 valence electrons. The number of nitrogens with two attached hydrogens (primary N) is 1. The van der Waals surface area contributed by atoms with Crippen molar-refractivity contribution in [1.29, 1.82) is 0 Å². The molecule has 0 spiro atoms. The van der Waals surface area contributed by atoms with Crippen LogP contribution in [-0.2, 0) is 18.3 Å². The number of aryl methyl sites for hydroxylation is 1. The molecule has 0 fully saturated rings. The number of carbonyl (C=O) groups is 1. The quantitative estimate of drug-likeness (QED) is 0.631. The lowest BCUT2D eigenvalue weighted by Gasteiger charge is -2.01. The minimum Gasteiger partial charge on any atom is -0.480 e. The van der Waals surface area contributed by atoms with Crippen molar-refractivity contribution in [2.45, 2.75) is 12.5 Å². The molecule has 0 aliphatic rings. The van der Waals surface area contributed by atoms with Crippen LogP contribution in [0.2, 0.25) is 0 Å². The Morgan fingerprint density at radius 1 is 1.92 bits per heavy atom. The van der Waals surface area contributed by atoms with Gasteiger partial charge >= 0.3 is 5.97 Å². The zero-order chi connectivity index (χ0) is 9.14. The average molecular weight is 169 g/mol. The standard InChI is InChI=1S/C7H11N3O2/c1-10-3-5(9-4-10)2-6(8)7(11)12/h3-4,6H,2,8H2,1H3,(H,11,12)/t6-/m1/s1. The fourth-order valence-electron chi connectivity index (χ4n) is 0.885. The summed E-state index contributed by atoms with van der Waals surface area (Å²) in [6.45, 7) is 0. The molecule has 0 amide bonds. The third kappa shape index (κ3) is 2.06. The molecular formula is C7H11N3O2. The van der Waals surface area contributed by atoms with Crippen molar-refractivity contribution >= 4 is 5.97 Å². The monoisotopic (exact) mass is 169 g/mol. The first-order chi connectivity index (χ1) is 5.59. The molecule has 0 aliphatic heterocycles. The molecule has 0 unspecified atom stereocenters. The number of carboxylic acid groups (broad SMARTS) is 1. The number of imidazole rings is 1. The number of hydrogen-bond donors (Lipinski definition) is 2. The summed E-state index contributed by atoms with van der Waals surface area (Å²) >= 11 is 0. The van der Waals surface area contributed by atoms with Crippen molar-refractivity contribution in [2.75, 3.05) is 0 Å². The number of carboxylic acids is 1. The minimum atomic E-state index is -0.999. The molecule has 0 radical (unpaired) electrons. The fraction of sp³-hybridized carbons (Fsp3) is 0.429. The second-order valence-corrected chi connectivity index (χ2v) is 2.68. The molecule has 0 saturated carbocycles. The summed E-state index contributed by atoms with van der Waals surface area (Å²) in [5, 5.41) is 8.49. The Morgan fingerprint density at radius 2 is 2.58 bits per heavy atom. The van der Waals surface area contributed by atoms with Gasteiger partial charge in [-0.3, -0.25) is 4.79 Å². The summed E-state index contributed by atoms with van der Waals surface area (Å²) < 4.78 is 1.75. The maximum Gasteiger partial charge on any atom is 0.320 e. The van der Waals surface area contributed by atoms with E-state index >= 15 is 0 Å². The van der Waals surface area contributed by atoms with E-state index in [9.17, 15) is 4.79 Å². The lowest BCUT2D eigenvalue weighted by atomic mass is 10.2. The average Bonchev–Trinajstić information content (AvgIpc) is 2.35. The van der Waals surface area contributed by atoms with Crippen LogP contribution in [0.5, 0.6) is 0 Å². The van der Waals surface area contributed by atoms with Crippen LogP contribution in [0.25, 0.3) is 0 Å². The Hall–Kier alpha value is -1.36. The molecule has 1 heterocycles. The van der Waals surface area contributed by atoms with Gasteiger partial charge in [0.1, 0.15) is 6.04 Å². The molecule has 0 bridgehead atoms. The molecule has 12 heavy (non-hydrogen) atoms. The van der Waals surface area contributed by atoms with Gasteiger partial charge in [0.05, 0.1) is 12.0 Å². The van der Waals surface area contributed by atoms with Crippen LogP contribution in [0, 0.1) is 0 Å². The van der Waals surface area contributed by atoms with Crippen molar-refractivity contribution in [2.24, 2.45) is 12.8 Å². The number of nitrogens with zero attached hydrogens (tertiary/aromatic N) is 2. The first-order valence-corrected chi connectivity index (χ1v) is 3.55. The SMILES string of the molecule is Cn1cnc(C[C@@H](N)C(=O)O)c1. The van der Waals surface area contributed by atoms with E-state index < -0.39 is 12.0 Å². The van der Waals surface area contributed by atoms with E-state index in [4.69, 9.17) is 10.8 Å². The summed E-state index contributed by atoms with van der Waals surface area (Å²) in [6.07, 6.45) is 3.64. The number of rotatable bonds is 3. The minimum absolute atomic E-state index is 0.274. The van der Waals surface area contributed by atoms with Crippen LogP contribution in [0.3, 0.4) is 0 Å². The second kappa shape index (κ2) is 3.36. The second-order valence-electron chi connectivity index (χ2n) is 2.68. The van der Waals surface area contributed by atoms with Crippen molar-refractivity contribution in [1.82, 2.24) is 9.55 Å². The Kier molecular flexibility index (Phi) is 2.44. The topological polar surface area (TPSA) is 81.1 Å². The van der Waals surface area contributed by atoms with Gasteiger partial charge in [0, 0.05) is 19.7 Å². The number of aromatic nitrogens is 2. The first kappa shape index (κ1) is 8.73. The van der Waals surface area contributed by atoms with E-state index in [1.54, 1.807) is 17.1 Å². The Balaban J connectivity index is 2.58. The molecule has 0 saturated heterocycles. The predicted molar refractivity (Wildman–Crippen MR) is 42.5 cm³/mol. The van der Waals surface area contributed by atoms with Gasteiger partial charge in [-0.2, -0.15) is 0 Å². The lowest BCUT2D eigenvalue weighted by molar-refractivity contribution is -0.138. The summed E-state index contributed by atoms with van der Waals surface area (Å²) in [6, 6.07) is -0.861. The Bertz CT molecular complexity index is 282. The van der Waals surface area contributed by atoms with Crippen LogP contribution in [0.15, 0.2) is 12.5 Å². The van der Waals surface area contributed by atoms with Crippen molar-refractivity contribution < 1.29 is 9.90 Å². The van der Waals surface area contributed by atoms with Gasteiger partial charge in [-0.15, -0.1) is 0 Å². The molecule has 1 atom stereocenters. The van der Waals surface area contributed by atoms with Gasteiger partial charge in [-0.05, 0) is 0 Å². The van der Waals surface area contributed by atoms with Gasteiger partial charge in [-0.1, -0.05) is 0 Å². The van der Waals surface area contributed by atoms with Crippen LogP contribution in [0.4, 0.5) is 0 Å². The normalized spacial score (nSPS) is 12.8. The number of aliphatic carboxylic acids is 1. The highest BCUT2D eigenvalue weighted by Gasteiger charge is 2.12. The molecule has 1 rings (SSSR count). The van der Waals surface area contributed by atoms with E-state index in [2.05, 4.69) is 4.98 Å². The number of hydrogen-bond acceptors (Lipinski definition) is 3. The summed E-state index contributed by atoms with van der Waals surface area (Å²) in [7, 11) is 1.82. The molecular weight excluding hydrogens is 158 g/mol. The maximum atomic E-state index is 10.4. The van der Waals surface area contributed by atoms with Gasteiger partial charge in [0.25, 0.3) is 0 Å². The highest BCUT2D eigenvalue weighted by molar-refractivity contribution is 5.73. The third-order valence-electron chi connectivity index (χ3n) is 1.50. The van der Waals surface area contributed by atoms with E-state index in [-0.39, 0.29) is 6.42 Å². The highest BCUT2D eigenvalue weighted by Crippen LogP contribution is 1.97. The molecule has 1 aromatic rings. The van der Waals surface area contributed by atoms with Crippen LogP contribution < -0.4 is 5.73 Å². The summed E-state index contributed by atoms with van der Waals surface area (Å²) in [5.41, 5.74) is 6.01. The lowest BCUT2D eigenvalue weighted by Crippen LogP contribution is -2.32. The zero-order valence-electron chi connectivity index (χ0n) is 6.77. The van der Waals surface area contributed by atoms with Crippen molar-refractivity contribution in [3.63, 3.8) is 0 Å².